The lowest BCUT2D eigenvalue weighted by molar-refractivity contribution is 0.0708. The van der Waals surface area contributed by atoms with Crippen LogP contribution in [0.3, 0.4) is 0 Å². The molecule has 5 nitrogen and oxygen atoms in total. The second-order valence-corrected chi connectivity index (χ2v) is 8.69. The molecule has 2 fully saturated rings. The van der Waals surface area contributed by atoms with Gasteiger partial charge >= 0.3 is 0 Å². The van der Waals surface area contributed by atoms with Gasteiger partial charge in [0, 0.05) is 24.7 Å². The Bertz CT molecular complexity index is 1070. The Morgan fingerprint density at radius 3 is 2.93 bits per heavy atom. The number of anilines is 1. The first-order valence-corrected chi connectivity index (χ1v) is 10.5. The van der Waals surface area contributed by atoms with Crippen molar-refractivity contribution < 1.29 is 9.18 Å². The lowest BCUT2D eigenvalue weighted by atomic mass is 10.1. The van der Waals surface area contributed by atoms with Crippen molar-refractivity contribution in [2.45, 2.75) is 38.8 Å². The summed E-state index contributed by atoms with van der Waals surface area (Å²) >= 11 is 1.43. The van der Waals surface area contributed by atoms with Gasteiger partial charge in [0.15, 0.2) is 0 Å². The van der Waals surface area contributed by atoms with Crippen molar-refractivity contribution in [1.29, 1.82) is 0 Å². The van der Waals surface area contributed by atoms with Crippen molar-refractivity contribution in [2.75, 3.05) is 11.9 Å². The van der Waals surface area contributed by atoms with Gasteiger partial charge in [-0.1, -0.05) is 18.2 Å². The van der Waals surface area contributed by atoms with E-state index in [1.165, 1.54) is 30.2 Å². The number of aryl methyl sites for hydroxylation is 1. The summed E-state index contributed by atoms with van der Waals surface area (Å²) in [6, 6.07) is 7.08. The third-order valence-corrected chi connectivity index (χ3v) is 7.18. The number of likely N-dealkylation sites (tertiary alicyclic amines) is 1. The van der Waals surface area contributed by atoms with Crippen LogP contribution in [0.5, 0.6) is 0 Å². The molecule has 3 aromatic rings. The second-order valence-electron chi connectivity index (χ2n) is 7.69. The number of aromatic nitrogens is 2. The molecule has 1 saturated carbocycles. The maximum Gasteiger partial charge on any atom is 0.264 e. The van der Waals surface area contributed by atoms with Crippen LogP contribution in [0, 0.1) is 18.7 Å². The van der Waals surface area contributed by atoms with Gasteiger partial charge in [0.1, 0.15) is 22.8 Å². The molecule has 5 rings (SSSR count). The molecular weight excluding hydrogens is 375 g/mol. The summed E-state index contributed by atoms with van der Waals surface area (Å²) in [6.07, 6.45) is 5.00. The molecule has 2 atom stereocenters. The quantitative estimate of drug-likeness (QED) is 0.711. The molecule has 0 radical (unpaired) electrons. The van der Waals surface area contributed by atoms with Crippen LogP contribution in [0.25, 0.3) is 10.2 Å². The molecule has 3 heterocycles. The predicted molar refractivity (Wildman–Crippen MR) is 108 cm³/mol. The van der Waals surface area contributed by atoms with Crippen LogP contribution in [0.15, 0.2) is 30.6 Å². The van der Waals surface area contributed by atoms with Crippen molar-refractivity contribution in [1.82, 2.24) is 14.9 Å². The second kappa shape index (κ2) is 6.81. The molecule has 1 aromatic carbocycles. The van der Waals surface area contributed by atoms with Gasteiger partial charge in [-0.15, -0.1) is 11.3 Å². The molecular formula is C21H21FN4OS. The number of benzene rings is 1. The van der Waals surface area contributed by atoms with Crippen LogP contribution in [0.1, 0.15) is 40.1 Å². The van der Waals surface area contributed by atoms with Crippen molar-refractivity contribution in [3.8, 4) is 0 Å². The topological polar surface area (TPSA) is 58.1 Å². The first-order chi connectivity index (χ1) is 13.6. The van der Waals surface area contributed by atoms with Gasteiger partial charge in [-0.3, -0.25) is 4.79 Å². The summed E-state index contributed by atoms with van der Waals surface area (Å²) in [5.74, 6) is 1.18. The van der Waals surface area contributed by atoms with Crippen LogP contribution in [-0.4, -0.2) is 33.4 Å². The summed E-state index contributed by atoms with van der Waals surface area (Å²) in [5, 5.41) is 4.08. The summed E-state index contributed by atoms with van der Waals surface area (Å²) in [6.45, 7) is 3.16. The van der Waals surface area contributed by atoms with Gasteiger partial charge in [-0.05, 0) is 43.7 Å². The van der Waals surface area contributed by atoms with E-state index in [-0.39, 0.29) is 11.7 Å². The number of nitrogens with zero attached hydrogens (tertiary/aromatic N) is 3. The average Bonchev–Trinajstić information content (AvgIpc) is 3.42. The normalized spacial score (nSPS) is 20.9. The highest BCUT2D eigenvalue weighted by atomic mass is 32.1. The van der Waals surface area contributed by atoms with Gasteiger partial charge in [0.2, 0.25) is 0 Å². The van der Waals surface area contributed by atoms with Gasteiger partial charge in [0.25, 0.3) is 5.91 Å². The molecule has 144 valence electrons. The number of hydrogen-bond donors (Lipinski definition) is 1. The van der Waals surface area contributed by atoms with Gasteiger partial charge in [-0.2, -0.15) is 0 Å². The fourth-order valence-electron chi connectivity index (χ4n) is 4.53. The van der Waals surface area contributed by atoms with Gasteiger partial charge in [-0.25, -0.2) is 14.4 Å². The minimum absolute atomic E-state index is 0.118. The monoisotopic (exact) mass is 396 g/mol. The molecule has 0 spiro atoms. The molecule has 7 heteroatoms. The van der Waals surface area contributed by atoms with Crippen molar-refractivity contribution in [2.24, 2.45) is 5.92 Å². The van der Waals surface area contributed by atoms with Crippen LogP contribution in [0.2, 0.25) is 0 Å². The van der Waals surface area contributed by atoms with E-state index in [9.17, 15) is 9.18 Å². The summed E-state index contributed by atoms with van der Waals surface area (Å²) < 4.78 is 13.9. The van der Waals surface area contributed by atoms with E-state index in [1.54, 1.807) is 12.1 Å². The molecule has 2 bridgehead atoms. The van der Waals surface area contributed by atoms with Crippen LogP contribution in [-0.2, 0) is 6.54 Å². The van der Waals surface area contributed by atoms with Crippen molar-refractivity contribution in [3.63, 3.8) is 0 Å². The van der Waals surface area contributed by atoms with E-state index < -0.39 is 0 Å². The molecule has 1 N–H and O–H groups in total. The highest BCUT2D eigenvalue weighted by molar-refractivity contribution is 7.20. The van der Waals surface area contributed by atoms with E-state index in [2.05, 4.69) is 15.3 Å². The molecule has 0 unspecified atom stereocenters. The molecule has 1 saturated heterocycles. The predicted octanol–water partition coefficient (Wildman–Crippen LogP) is 4.38. The molecule has 1 aliphatic heterocycles. The Morgan fingerprint density at radius 1 is 1.32 bits per heavy atom. The minimum Gasteiger partial charge on any atom is -0.365 e. The molecule has 1 aliphatic carbocycles. The van der Waals surface area contributed by atoms with Crippen molar-refractivity contribution in [3.05, 3.63) is 52.4 Å². The van der Waals surface area contributed by atoms with E-state index in [4.69, 9.17) is 0 Å². The average molecular weight is 396 g/mol. The van der Waals surface area contributed by atoms with E-state index >= 15 is 0 Å². The lowest BCUT2D eigenvalue weighted by Gasteiger charge is -2.26. The Morgan fingerprint density at radius 2 is 2.18 bits per heavy atom. The number of carbonyl (C=O) groups excluding carboxylic acids is 1. The number of thiophene rings is 1. The van der Waals surface area contributed by atoms with Crippen LogP contribution < -0.4 is 5.32 Å². The van der Waals surface area contributed by atoms with Crippen LogP contribution >= 0.6 is 11.3 Å². The standard InChI is InChI=1S/C21H21FN4OS/c1-12-17-19(23-9-14-4-2-3-5-16(14)22)24-11-25-20(17)28-18(12)21(27)26-10-13-6-7-15(26)8-13/h2-5,11,13,15H,6-10H2,1H3,(H,23,24,25)/t13-,15-/m1/s1. The Kier molecular flexibility index (Phi) is 4.27. The molecule has 2 aromatic heterocycles. The van der Waals surface area contributed by atoms with Crippen molar-refractivity contribution >= 4 is 33.3 Å². The molecule has 2 aliphatic rings. The fourth-order valence-corrected chi connectivity index (χ4v) is 5.64. The smallest absolute Gasteiger partial charge is 0.264 e. The minimum atomic E-state index is -0.248. The van der Waals surface area contributed by atoms with E-state index in [0.29, 0.717) is 29.9 Å². The Hall–Kier alpha value is -2.54. The molecule has 28 heavy (non-hydrogen) atoms. The number of amides is 1. The van der Waals surface area contributed by atoms with Gasteiger partial charge in [0.05, 0.1) is 10.3 Å². The van der Waals surface area contributed by atoms with E-state index in [0.717, 1.165) is 40.0 Å². The van der Waals surface area contributed by atoms with Gasteiger partial charge < -0.3 is 10.2 Å². The fraction of sp³-hybridized carbons (Fsp3) is 0.381. The number of halogens is 1. The Labute approximate surface area is 166 Å². The van der Waals surface area contributed by atoms with E-state index in [1.807, 2.05) is 17.9 Å². The summed E-state index contributed by atoms with van der Waals surface area (Å²) in [4.78, 5) is 25.5. The lowest BCUT2D eigenvalue weighted by Crippen LogP contribution is -2.37. The summed E-state index contributed by atoms with van der Waals surface area (Å²) in [5.41, 5.74) is 1.48. The first kappa shape index (κ1) is 17.6. The summed E-state index contributed by atoms with van der Waals surface area (Å²) in [7, 11) is 0. The number of piperidine rings is 1. The largest absolute Gasteiger partial charge is 0.365 e. The maximum absolute atomic E-state index is 13.9. The first-order valence-electron chi connectivity index (χ1n) is 9.64. The maximum atomic E-state index is 13.9. The van der Waals surface area contributed by atoms with Crippen LogP contribution in [0.4, 0.5) is 10.2 Å². The zero-order valence-electron chi connectivity index (χ0n) is 15.6. The number of hydrogen-bond acceptors (Lipinski definition) is 5. The zero-order chi connectivity index (χ0) is 19.3. The Balaban J connectivity index is 1.45. The highest BCUT2D eigenvalue weighted by Crippen LogP contribution is 2.40. The number of rotatable bonds is 4. The third-order valence-electron chi connectivity index (χ3n) is 6.00. The zero-order valence-corrected chi connectivity index (χ0v) is 16.4. The highest BCUT2D eigenvalue weighted by Gasteiger charge is 2.41. The SMILES string of the molecule is Cc1c(C(=O)N2C[C@@H]3CC[C@@H]2C3)sc2ncnc(NCc3ccccc3F)c12. The molecule has 1 amide bonds. The number of fused-ring (bicyclic) bond motifs is 3. The number of nitrogens with one attached hydrogen (secondary N) is 1. The number of carbonyl (C=O) groups is 1. The third kappa shape index (κ3) is 2.85.